The standard InChI is InChI=1S/C26H28N2O3/c29-26(25-8-4-18-31-25)27-15-5-19-30-24-11-9-21(10-12-24)20-28-16-13-23(14-17-28)22-6-2-1-3-7-22/h1-4,6-13,18H,5,14-17,19-20H2,(H,27,29). The number of hydrogen-bond acceptors (Lipinski definition) is 4. The van der Waals surface area contributed by atoms with E-state index in [1.165, 1.54) is 23.0 Å². The Kier molecular flexibility index (Phi) is 7.19. The fourth-order valence-corrected chi connectivity index (χ4v) is 3.68. The number of ether oxygens (including phenoxy) is 1. The second kappa shape index (κ2) is 10.6. The molecule has 0 unspecified atom stereocenters. The van der Waals surface area contributed by atoms with Crippen molar-refractivity contribution in [2.75, 3.05) is 26.2 Å². The van der Waals surface area contributed by atoms with Crippen LogP contribution in [0.2, 0.25) is 0 Å². The highest BCUT2D eigenvalue weighted by Gasteiger charge is 2.13. The molecule has 0 bridgehead atoms. The summed E-state index contributed by atoms with van der Waals surface area (Å²) >= 11 is 0. The van der Waals surface area contributed by atoms with Crippen LogP contribution in [0, 0.1) is 0 Å². The van der Waals surface area contributed by atoms with Crippen LogP contribution < -0.4 is 10.1 Å². The summed E-state index contributed by atoms with van der Waals surface area (Å²) in [4.78, 5) is 14.2. The number of carbonyl (C=O) groups is 1. The highest BCUT2D eigenvalue weighted by atomic mass is 16.5. The van der Waals surface area contributed by atoms with Crippen LogP contribution >= 0.6 is 0 Å². The summed E-state index contributed by atoms with van der Waals surface area (Å²) in [5.74, 6) is 0.987. The first kappa shape index (κ1) is 20.9. The molecule has 0 saturated carbocycles. The molecule has 5 nitrogen and oxygen atoms in total. The van der Waals surface area contributed by atoms with Crippen LogP contribution in [0.25, 0.3) is 5.57 Å². The second-order valence-electron chi connectivity index (χ2n) is 7.66. The topological polar surface area (TPSA) is 54.7 Å². The summed E-state index contributed by atoms with van der Waals surface area (Å²) in [7, 11) is 0. The molecule has 0 aliphatic carbocycles. The molecule has 3 aromatic rings. The molecule has 0 atom stereocenters. The molecule has 0 saturated heterocycles. The van der Waals surface area contributed by atoms with Crippen molar-refractivity contribution in [2.45, 2.75) is 19.4 Å². The van der Waals surface area contributed by atoms with Gasteiger partial charge in [0.05, 0.1) is 12.9 Å². The SMILES string of the molecule is O=C(NCCCOc1ccc(CN2CC=C(c3ccccc3)CC2)cc1)c1ccco1. The summed E-state index contributed by atoms with van der Waals surface area (Å²) in [6.45, 7) is 4.09. The number of nitrogens with one attached hydrogen (secondary N) is 1. The lowest BCUT2D eigenvalue weighted by molar-refractivity contribution is 0.0924. The highest BCUT2D eigenvalue weighted by Crippen LogP contribution is 2.23. The molecular weight excluding hydrogens is 388 g/mol. The number of nitrogens with zero attached hydrogens (tertiary/aromatic N) is 1. The van der Waals surface area contributed by atoms with Gasteiger partial charge in [0.15, 0.2) is 5.76 Å². The third-order valence-corrected chi connectivity index (χ3v) is 5.39. The molecule has 0 spiro atoms. The third-order valence-electron chi connectivity index (χ3n) is 5.39. The van der Waals surface area contributed by atoms with Crippen LogP contribution in [0.5, 0.6) is 5.75 Å². The van der Waals surface area contributed by atoms with Crippen molar-refractivity contribution in [3.63, 3.8) is 0 Å². The molecule has 2 aromatic carbocycles. The van der Waals surface area contributed by atoms with Crippen LogP contribution in [0.15, 0.2) is 83.5 Å². The summed E-state index contributed by atoms with van der Waals surface area (Å²) in [6, 6.07) is 22.3. The molecule has 1 aromatic heterocycles. The van der Waals surface area contributed by atoms with E-state index in [9.17, 15) is 4.79 Å². The Morgan fingerprint density at radius 2 is 1.87 bits per heavy atom. The Morgan fingerprint density at radius 3 is 2.58 bits per heavy atom. The van der Waals surface area contributed by atoms with Crippen molar-refractivity contribution in [2.24, 2.45) is 0 Å². The van der Waals surface area contributed by atoms with Crippen LogP contribution in [0.4, 0.5) is 0 Å². The number of rotatable bonds is 9. The van der Waals surface area contributed by atoms with Gasteiger partial charge in [0.1, 0.15) is 5.75 Å². The summed E-state index contributed by atoms with van der Waals surface area (Å²) in [5.41, 5.74) is 4.07. The average Bonchev–Trinajstić information content (AvgIpc) is 3.36. The maximum absolute atomic E-state index is 11.8. The van der Waals surface area contributed by atoms with Crippen molar-refractivity contribution >= 4 is 11.5 Å². The van der Waals surface area contributed by atoms with Crippen molar-refractivity contribution in [3.05, 3.63) is 96.0 Å². The molecular formula is C26H28N2O3. The lowest BCUT2D eigenvalue weighted by atomic mass is 9.99. The number of carbonyl (C=O) groups excluding carboxylic acids is 1. The van der Waals surface area contributed by atoms with Gasteiger partial charge < -0.3 is 14.5 Å². The maximum atomic E-state index is 11.8. The number of hydrogen-bond donors (Lipinski definition) is 1. The zero-order valence-electron chi connectivity index (χ0n) is 17.6. The Labute approximate surface area is 183 Å². The van der Waals surface area contributed by atoms with Gasteiger partial charge in [0.25, 0.3) is 5.91 Å². The van der Waals surface area contributed by atoms with Crippen LogP contribution in [-0.2, 0) is 6.54 Å². The van der Waals surface area contributed by atoms with Gasteiger partial charge in [-0.25, -0.2) is 0 Å². The smallest absolute Gasteiger partial charge is 0.286 e. The lowest BCUT2D eigenvalue weighted by Gasteiger charge is -2.26. The van der Waals surface area contributed by atoms with Crippen LogP contribution in [0.1, 0.15) is 34.5 Å². The van der Waals surface area contributed by atoms with Gasteiger partial charge in [-0.3, -0.25) is 9.69 Å². The van der Waals surface area contributed by atoms with Gasteiger partial charge in [0.2, 0.25) is 0 Å². The van der Waals surface area contributed by atoms with Gasteiger partial charge in [-0.05, 0) is 53.8 Å². The van der Waals surface area contributed by atoms with E-state index in [-0.39, 0.29) is 5.91 Å². The quantitative estimate of drug-likeness (QED) is 0.511. The third kappa shape index (κ3) is 6.09. The molecule has 160 valence electrons. The van der Waals surface area contributed by atoms with Gasteiger partial charge >= 0.3 is 0 Å². The first-order chi connectivity index (χ1) is 15.3. The monoisotopic (exact) mass is 416 g/mol. The second-order valence-corrected chi connectivity index (χ2v) is 7.66. The van der Waals surface area contributed by atoms with E-state index in [4.69, 9.17) is 9.15 Å². The minimum Gasteiger partial charge on any atom is -0.494 e. The van der Waals surface area contributed by atoms with Gasteiger partial charge in [0, 0.05) is 26.2 Å². The molecule has 2 heterocycles. The fourth-order valence-electron chi connectivity index (χ4n) is 3.68. The molecule has 5 heteroatoms. The normalized spacial score (nSPS) is 14.1. The average molecular weight is 417 g/mol. The van der Waals surface area contributed by atoms with Crippen molar-refractivity contribution in [1.29, 1.82) is 0 Å². The minimum atomic E-state index is -0.196. The van der Waals surface area contributed by atoms with Crippen molar-refractivity contribution in [1.82, 2.24) is 10.2 Å². The van der Waals surface area contributed by atoms with Crippen molar-refractivity contribution < 1.29 is 13.9 Å². The number of furan rings is 1. The van der Waals surface area contributed by atoms with E-state index >= 15 is 0 Å². The predicted molar refractivity (Wildman–Crippen MR) is 122 cm³/mol. The molecule has 1 amide bonds. The maximum Gasteiger partial charge on any atom is 0.286 e. The van der Waals surface area contributed by atoms with Gasteiger partial charge in [-0.2, -0.15) is 0 Å². The van der Waals surface area contributed by atoms with Crippen LogP contribution in [0.3, 0.4) is 0 Å². The molecule has 0 fully saturated rings. The first-order valence-corrected chi connectivity index (χ1v) is 10.8. The number of benzene rings is 2. The summed E-state index contributed by atoms with van der Waals surface area (Å²) < 4.78 is 10.9. The Morgan fingerprint density at radius 1 is 1.03 bits per heavy atom. The Balaban J connectivity index is 1.16. The lowest BCUT2D eigenvalue weighted by Crippen LogP contribution is -2.28. The number of amides is 1. The molecule has 0 radical (unpaired) electrons. The van der Waals surface area contributed by atoms with Crippen molar-refractivity contribution in [3.8, 4) is 5.75 Å². The first-order valence-electron chi connectivity index (χ1n) is 10.8. The molecule has 1 aliphatic rings. The fraction of sp³-hybridized carbons (Fsp3) is 0.269. The molecule has 31 heavy (non-hydrogen) atoms. The zero-order valence-corrected chi connectivity index (χ0v) is 17.6. The predicted octanol–water partition coefficient (Wildman–Crippen LogP) is 4.77. The summed E-state index contributed by atoms with van der Waals surface area (Å²) in [6.07, 6.45) is 5.66. The highest BCUT2D eigenvalue weighted by molar-refractivity contribution is 5.91. The minimum absolute atomic E-state index is 0.196. The zero-order chi connectivity index (χ0) is 21.3. The van der Waals surface area contributed by atoms with E-state index in [0.717, 1.165) is 38.2 Å². The summed E-state index contributed by atoms with van der Waals surface area (Å²) in [5, 5.41) is 2.82. The van der Waals surface area contributed by atoms with E-state index in [2.05, 4.69) is 58.8 Å². The Bertz CT molecular complexity index is 979. The van der Waals surface area contributed by atoms with Crippen LogP contribution in [-0.4, -0.2) is 37.0 Å². The Hall–Kier alpha value is -3.31. The van der Waals surface area contributed by atoms with E-state index in [0.29, 0.717) is 18.9 Å². The molecule has 1 N–H and O–H groups in total. The van der Waals surface area contributed by atoms with E-state index in [1.807, 2.05) is 12.1 Å². The largest absolute Gasteiger partial charge is 0.494 e. The molecule has 1 aliphatic heterocycles. The molecule has 4 rings (SSSR count). The van der Waals surface area contributed by atoms with E-state index < -0.39 is 0 Å². The van der Waals surface area contributed by atoms with Gasteiger partial charge in [-0.1, -0.05) is 48.5 Å². The van der Waals surface area contributed by atoms with E-state index in [1.54, 1.807) is 12.1 Å². The van der Waals surface area contributed by atoms with Gasteiger partial charge in [-0.15, -0.1) is 0 Å².